The van der Waals surface area contributed by atoms with Gasteiger partial charge in [-0.25, -0.2) is 13.1 Å². The van der Waals surface area contributed by atoms with Crippen LogP contribution >= 0.6 is 11.6 Å². The van der Waals surface area contributed by atoms with Crippen LogP contribution in [0.15, 0.2) is 29.2 Å². The smallest absolute Gasteiger partial charge is 0.307 e. The van der Waals surface area contributed by atoms with Crippen LogP contribution in [0.5, 0.6) is 0 Å². The van der Waals surface area contributed by atoms with Gasteiger partial charge in [0, 0.05) is 24.7 Å². The van der Waals surface area contributed by atoms with Crippen LogP contribution < -0.4 is 4.72 Å². The van der Waals surface area contributed by atoms with Gasteiger partial charge in [-0.3, -0.25) is 9.59 Å². The number of amides is 1. The molecule has 1 aromatic carbocycles. The molecule has 0 aromatic heterocycles. The Morgan fingerprint density at radius 3 is 2.11 bits per heavy atom. The van der Waals surface area contributed by atoms with Crippen molar-refractivity contribution in [1.82, 2.24) is 9.62 Å². The van der Waals surface area contributed by atoms with Crippen molar-refractivity contribution in [2.75, 3.05) is 26.2 Å². The minimum Gasteiger partial charge on any atom is -0.456 e. The van der Waals surface area contributed by atoms with Gasteiger partial charge in [0.1, 0.15) is 0 Å². The second-order valence-corrected chi connectivity index (χ2v) is 9.55. The van der Waals surface area contributed by atoms with Crippen molar-refractivity contribution < 1.29 is 22.7 Å². The third kappa shape index (κ3) is 9.03. The lowest BCUT2D eigenvalue weighted by molar-refractivity contribution is -0.152. The zero-order chi connectivity index (χ0) is 21.3. The van der Waals surface area contributed by atoms with Crippen LogP contribution in [0.4, 0.5) is 0 Å². The SMILES string of the molecule is CC(C)CN(CC(C)C)C(=O)COC(=O)CCNS(=O)(=O)c1ccc(Cl)cc1. The second kappa shape index (κ2) is 11.4. The molecule has 1 N–H and O–H groups in total. The Morgan fingerprint density at radius 2 is 1.61 bits per heavy atom. The van der Waals surface area contributed by atoms with Crippen molar-refractivity contribution in [2.24, 2.45) is 11.8 Å². The summed E-state index contributed by atoms with van der Waals surface area (Å²) >= 11 is 5.74. The highest BCUT2D eigenvalue weighted by molar-refractivity contribution is 7.89. The standard InChI is InChI=1S/C19H29ClN2O5S/c1-14(2)11-22(12-15(3)4)18(23)13-27-19(24)9-10-21-28(25,26)17-7-5-16(20)6-8-17/h5-8,14-15,21H,9-13H2,1-4H3. The van der Waals surface area contributed by atoms with Gasteiger partial charge in [0.2, 0.25) is 10.0 Å². The summed E-state index contributed by atoms with van der Waals surface area (Å²) in [5.41, 5.74) is 0. The van der Waals surface area contributed by atoms with Crippen molar-refractivity contribution in [1.29, 1.82) is 0 Å². The van der Waals surface area contributed by atoms with Crippen molar-refractivity contribution in [3.8, 4) is 0 Å². The number of halogens is 1. The summed E-state index contributed by atoms with van der Waals surface area (Å²) in [4.78, 5) is 25.9. The molecule has 9 heteroatoms. The van der Waals surface area contributed by atoms with Crippen LogP contribution in [-0.2, 0) is 24.3 Å². The Morgan fingerprint density at radius 1 is 1.07 bits per heavy atom. The number of nitrogens with one attached hydrogen (secondary N) is 1. The minimum absolute atomic E-state index is 0.0541. The van der Waals surface area contributed by atoms with E-state index in [4.69, 9.17) is 16.3 Å². The largest absolute Gasteiger partial charge is 0.456 e. The number of nitrogens with zero attached hydrogens (tertiary/aromatic N) is 1. The Hall–Kier alpha value is -1.64. The van der Waals surface area contributed by atoms with Gasteiger partial charge in [-0.15, -0.1) is 0 Å². The topological polar surface area (TPSA) is 92.8 Å². The second-order valence-electron chi connectivity index (χ2n) is 7.35. The molecule has 28 heavy (non-hydrogen) atoms. The average molecular weight is 433 g/mol. The van der Waals surface area contributed by atoms with E-state index in [0.29, 0.717) is 29.9 Å². The van der Waals surface area contributed by atoms with Crippen molar-refractivity contribution in [3.63, 3.8) is 0 Å². The maximum Gasteiger partial charge on any atom is 0.307 e. The highest BCUT2D eigenvalue weighted by atomic mass is 35.5. The molecule has 1 rings (SSSR count). The van der Waals surface area contributed by atoms with E-state index in [9.17, 15) is 18.0 Å². The van der Waals surface area contributed by atoms with Crippen molar-refractivity contribution >= 4 is 33.5 Å². The number of benzene rings is 1. The first-order valence-corrected chi connectivity index (χ1v) is 11.1. The van der Waals surface area contributed by atoms with E-state index >= 15 is 0 Å². The molecule has 1 amide bonds. The number of esters is 1. The van der Waals surface area contributed by atoms with Crippen LogP contribution in [0.2, 0.25) is 5.02 Å². The highest BCUT2D eigenvalue weighted by Crippen LogP contribution is 2.13. The third-order valence-corrected chi connectivity index (χ3v) is 5.35. The fraction of sp³-hybridized carbons (Fsp3) is 0.579. The van der Waals surface area contributed by atoms with Gasteiger partial charge in [-0.05, 0) is 36.1 Å². The van der Waals surface area contributed by atoms with Gasteiger partial charge in [0.25, 0.3) is 5.91 Å². The summed E-state index contributed by atoms with van der Waals surface area (Å²) in [5, 5.41) is 0.427. The van der Waals surface area contributed by atoms with E-state index in [1.165, 1.54) is 24.3 Å². The van der Waals surface area contributed by atoms with E-state index in [2.05, 4.69) is 4.72 Å². The Balaban J connectivity index is 2.45. The Bertz CT molecular complexity index is 738. The van der Waals surface area contributed by atoms with E-state index in [1.807, 2.05) is 27.7 Å². The van der Waals surface area contributed by atoms with Crippen molar-refractivity contribution in [2.45, 2.75) is 39.0 Å². The third-order valence-electron chi connectivity index (χ3n) is 3.63. The molecule has 0 aliphatic rings. The molecule has 0 aliphatic heterocycles. The van der Waals surface area contributed by atoms with Gasteiger partial charge in [-0.1, -0.05) is 39.3 Å². The normalized spacial score (nSPS) is 11.7. The lowest BCUT2D eigenvalue weighted by atomic mass is 10.1. The molecule has 0 aliphatic carbocycles. The first kappa shape index (κ1) is 24.4. The van der Waals surface area contributed by atoms with E-state index < -0.39 is 16.0 Å². The zero-order valence-electron chi connectivity index (χ0n) is 16.8. The molecule has 0 radical (unpaired) electrons. The number of ether oxygens (including phenoxy) is 1. The molecule has 1 aromatic rings. The lowest BCUT2D eigenvalue weighted by Gasteiger charge is -2.26. The number of carbonyl (C=O) groups excluding carboxylic acids is 2. The molecule has 0 saturated heterocycles. The fourth-order valence-corrected chi connectivity index (χ4v) is 3.61. The molecule has 0 spiro atoms. The van der Waals surface area contributed by atoms with E-state index in [1.54, 1.807) is 4.90 Å². The van der Waals surface area contributed by atoms with Gasteiger partial charge < -0.3 is 9.64 Å². The first-order valence-electron chi connectivity index (χ1n) is 9.20. The Labute approximate surface area is 172 Å². The minimum atomic E-state index is -3.74. The van der Waals surface area contributed by atoms with Crippen LogP contribution in [0.1, 0.15) is 34.1 Å². The van der Waals surface area contributed by atoms with Crippen LogP contribution in [-0.4, -0.2) is 51.4 Å². The number of sulfonamides is 1. The van der Waals surface area contributed by atoms with E-state index in [-0.39, 0.29) is 30.4 Å². The lowest BCUT2D eigenvalue weighted by Crippen LogP contribution is -2.39. The summed E-state index contributed by atoms with van der Waals surface area (Å²) in [6.45, 7) is 8.77. The number of hydrogen-bond acceptors (Lipinski definition) is 5. The van der Waals surface area contributed by atoms with Crippen LogP contribution in [0.25, 0.3) is 0 Å². The predicted octanol–water partition coefficient (Wildman–Crippen LogP) is 2.69. The monoisotopic (exact) mass is 432 g/mol. The molecule has 0 fully saturated rings. The summed E-state index contributed by atoms with van der Waals surface area (Å²) in [5.74, 6) is -0.278. The molecule has 158 valence electrons. The summed E-state index contributed by atoms with van der Waals surface area (Å²) in [6, 6.07) is 5.69. The average Bonchev–Trinajstić information content (AvgIpc) is 2.58. The first-order chi connectivity index (χ1) is 13.0. The summed E-state index contributed by atoms with van der Waals surface area (Å²) < 4.78 is 31.6. The molecule has 0 unspecified atom stereocenters. The molecule has 0 heterocycles. The van der Waals surface area contributed by atoms with Crippen LogP contribution in [0.3, 0.4) is 0 Å². The van der Waals surface area contributed by atoms with Gasteiger partial charge >= 0.3 is 5.97 Å². The number of rotatable bonds is 11. The molecule has 0 atom stereocenters. The number of hydrogen-bond donors (Lipinski definition) is 1. The number of carbonyl (C=O) groups is 2. The molecule has 7 nitrogen and oxygen atoms in total. The van der Waals surface area contributed by atoms with Crippen molar-refractivity contribution in [3.05, 3.63) is 29.3 Å². The van der Waals surface area contributed by atoms with Gasteiger partial charge in [0.15, 0.2) is 6.61 Å². The summed E-state index contributed by atoms with van der Waals surface area (Å²) in [7, 11) is -3.74. The molecule has 0 saturated carbocycles. The zero-order valence-corrected chi connectivity index (χ0v) is 18.3. The van der Waals surface area contributed by atoms with Gasteiger partial charge in [0.05, 0.1) is 11.3 Å². The van der Waals surface area contributed by atoms with E-state index in [0.717, 1.165) is 0 Å². The predicted molar refractivity (Wildman–Crippen MR) is 108 cm³/mol. The quantitative estimate of drug-likeness (QED) is 0.542. The van der Waals surface area contributed by atoms with Gasteiger partial charge in [-0.2, -0.15) is 0 Å². The maximum atomic E-state index is 12.3. The Kier molecular flexibility index (Phi) is 9.92. The molecular formula is C19H29ClN2O5S. The molecule has 0 bridgehead atoms. The molecular weight excluding hydrogens is 404 g/mol. The highest BCUT2D eigenvalue weighted by Gasteiger charge is 2.19. The fourth-order valence-electron chi connectivity index (χ4n) is 2.45. The maximum absolute atomic E-state index is 12.3. The van der Waals surface area contributed by atoms with Crippen LogP contribution in [0, 0.1) is 11.8 Å². The summed E-state index contributed by atoms with van der Waals surface area (Å²) in [6.07, 6.45) is -0.172.